The monoisotopic (exact) mass is 181 g/mol. The lowest BCUT2D eigenvalue weighted by molar-refractivity contribution is 0.332. The van der Waals surface area contributed by atoms with E-state index >= 15 is 0 Å². The van der Waals surface area contributed by atoms with Crippen LogP contribution >= 0.6 is 0 Å². The summed E-state index contributed by atoms with van der Waals surface area (Å²) in [5.41, 5.74) is 0.435. The average molecular weight is 181 g/mol. The van der Waals surface area contributed by atoms with Crippen LogP contribution in [-0.2, 0) is 0 Å². The van der Waals surface area contributed by atoms with Crippen molar-refractivity contribution in [2.45, 2.75) is 12.6 Å². The molecule has 68 valence electrons. The lowest BCUT2D eigenvalue weighted by atomic mass is 10.1. The van der Waals surface area contributed by atoms with Crippen LogP contribution in [0.5, 0.6) is 0 Å². The van der Waals surface area contributed by atoms with Crippen molar-refractivity contribution < 1.29 is 8.78 Å². The third-order valence-corrected chi connectivity index (χ3v) is 1.73. The van der Waals surface area contributed by atoms with E-state index in [1.165, 1.54) is 24.3 Å². The highest BCUT2D eigenvalue weighted by Crippen LogP contribution is 2.20. The first kappa shape index (κ1) is 9.66. The predicted molar refractivity (Wildman–Crippen MR) is 46.3 cm³/mol. The molecular weight excluding hydrogens is 172 g/mol. The number of nitrogens with zero attached hydrogens (tertiary/aromatic N) is 1. The Hall–Kier alpha value is -1.43. The summed E-state index contributed by atoms with van der Waals surface area (Å²) in [5.74, 6) is -0.374. The van der Waals surface area contributed by atoms with E-state index in [1.807, 2.05) is 0 Å². The van der Waals surface area contributed by atoms with E-state index in [9.17, 15) is 8.78 Å². The van der Waals surface area contributed by atoms with Crippen molar-refractivity contribution in [1.82, 2.24) is 0 Å². The van der Waals surface area contributed by atoms with E-state index in [0.717, 1.165) is 0 Å². The first-order valence-electron chi connectivity index (χ1n) is 3.97. The fraction of sp³-hybridized carbons (Fsp3) is 0.300. The highest BCUT2D eigenvalue weighted by atomic mass is 19.1. The predicted octanol–water partition coefficient (Wildman–Crippen LogP) is 3.15. The Kier molecular flexibility index (Phi) is 3.39. The van der Waals surface area contributed by atoms with Crippen LogP contribution in [-0.4, -0.2) is 6.54 Å². The molecule has 1 atom stereocenters. The Labute approximate surface area is 75.8 Å². The quantitative estimate of drug-likeness (QED) is 0.631. The number of alkyl halides is 1. The maximum Gasteiger partial charge on any atom is 0.217 e. The van der Waals surface area contributed by atoms with Gasteiger partial charge < -0.3 is 4.85 Å². The molecule has 3 heteroatoms. The van der Waals surface area contributed by atoms with Crippen LogP contribution in [0.3, 0.4) is 0 Å². The van der Waals surface area contributed by atoms with Crippen molar-refractivity contribution in [3.05, 3.63) is 47.1 Å². The van der Waals surface area contributed by atoms with Gasteiger partial charge in [-0.15, -0.1) is 0 Å². The van der Waals surface area contributed by atoms with Crippen LogP contribution < -0.4 is 0 Å². The molecule has 0 radical (unpaired) electrons. The van der Waals surface area contributed by atoms with Crippen LogP contribution in [0.1, 0.15) is 18.2 Å². The number of hydrogen-bond donors (Lipinski definition) is 0. The fourth-order valence-corrected chi connectivity index (χ4v) is 1.02. The summed E-state index contributed by atoms with van der Waals surface area (Å²) in [4.78, 5) is 3.05. The smallest absolute Gasteiger partial charge is 0.217 e. The minimum absolute atomic E-state index is 0.165. The van der Waals surface area contributed by atoms with Crippen LogP contribution in [0.15, 0.2) is 24.3 Å². The molecule has 0 saturated heterocycles. The molecule has 0 bridgehead atoms. The molecule has 0 spiro atoms. The van der Waals surface area contributed by atoms with Gasteiger partial charge in [0.05, 0.1) is 6.42 Å². The average Bonchev–Trinajstić information content (AvgIpc) is 2.15. The van der Waals surface area contributed by atoms with E-state index in [0.29, 0.717) is 5.56 Å². The lowest BCUT2D eigenvalue weighted by Gasteiger charge is -2.03. The molecule has 0 heterocycles. The lowest BCUT2D eigenvalue weighted by Crippen LogP contribution is -1.93. The summed E-state index contributed by atoms with van der Waals surface area (Å²) < 4.78 is 25.6. The minimum atomic E-state index is -1.16. The second-order valence-corrected chi connectivity index (χ2v) is 2.69. The van der Waals surface area contributed by atoms with Crippen LogP contribution in [0, 0.1) is 12.4 Å². The van der Waals surface area contributed by atoms with E-state index in [1.54, 1.807) is 0 Å². The maximum absolute atomic E-state index is 13.2. The van der Waals surface area contributed by atoms with Gasteiger partial charge in [0.2, 0.25) is 6.54 Å². The van der Waals surface area contributed by atoms with E-state index in [4.69, 9.17) is 6.57 Å². The Morgan fingerprint density at radius 3 is 2.46 bits per heavy atom. The van der Waals surface area contributed by atoms with E-state index < -0.39 is 6.17 Å². The summed E-state index contributed by atoms with van der Waals surface area (Å²) in [5, 5.41) is 0. The summed E-state index contributed by atoms with van der Waals surface area (Å²) >= 11 is 0. The van der Waals surface area contributed by atoms with Gasteiger partial charge >= 0.3 is 0 Å². The number of benzene rings is 1. The summed E-state index contributed by atoms with van der Waals surface area (Å²) in [6.45, 7) is 6.66. The number of hydrogen-bond acceptors (Lipinski definition) is 0. The normalized spacial score (nSPS) is 12.1. The zero-order valence-electron chi connectivity index (χ0n) is 7.00. The molecule has 1 unspecified atom stereocenters. The zero-order chi connectivity index (χ0) is 9.68. The molecule has 0 amide bonds. The van der Waals surface area contributed by atoms with Crippen molar-refractivity contribution in [2.75, 3.05) is 6.54 Å². The van der Waals surface area contributed by atoms with Gasteiger partial charge in [-0.3, -0.25) is 0 Å². The summed E-state index contributed by atoms with van der Waals surface area (Å²) in [7, 11) is 0. The topological polar surface area (TPSA) is 4.36 Å². The highest BCUT2D eigenvalue weighted by molar-refractivity contribution is 5.18. The molecule has 1 rings (SSSR count). The third-order valence-electron chi connectivity index (χ3n) is 1.73. The van der Waals surface area contributed by atoms with Crippen molar-refractivity contribution in [2.24, 2.45) is 0 Å². The minimum Gasteiger partial charge on any atom is -0.317 e. The maximum atomic E-state index is 13.2. The molecule has 1 aromatic rings. The Morgan fingerprint density at radius 2 is 1.92 bits per heavy atom. The molecule has 0 aliphatic heterocycles. The Morgan fingerprint density at radius 1 is 1.31 bits per heavy atom. The Bertz CT molecular complexity index is 300. The van der Waals surface area contributed by atoms with Gasteiger partial charge in [-0.25, -0.2) is 15.4 Å². The molecule has 0 aromatic heterocycles. The largest absolute Gasteiger partial charge is 0.317 e. The zero-order valence-corrected chi connectivity index (χ0v) is 7.00. The van der Waals surface area contributed by atoms with Crippen molar-refractivity contribution >= 4 is 0 Å². The van der Waals surface area contributed by atoms with Crippen LogP contribution in [0.4, 0.5) is 8.78 Å². The molecule has 0 aliphatic carbocycles. The molecule has 0 saturated carbocycles. The van der Waals surface area contributed by atoms with Gasteiger partial charge in [0, 0.05) is 0 Å². The van der Waals surface area contributed by atoms with Gasteiger partial charge in [-0.05, 0) is 17.7 Å². The van der Waals surface area contributed by atoms with Gasteiger partial charge in [-0.2, -0.15) is 0 Å². The molecular formula is C10H9F2N. The van der Waals surface area contributed by atoms with Crippen LogP contribution in [0.25, 0.3) is 4.85 Å². The van der Waals surface area contributed by atoms with E-state index in [-0.39, 0.29) is 18.8 Å². The van der Waals surface area contributed by atoms with E-state index in [2.05, 4.69) is 4.85 Å². The molecule has 0 fully saturated rings. The standard InChI is InChI=1S/C10H9F2N/c1-13-7-6-10(12)8-2-4-9(11)5-3-8/h2-5,10H,6-7H2. The van der Waals surface area contributed by atoms with Crippen LogP contribution in [0.2, 0.25) is 0 Å². The van der Waals surface area contributed by atoms with Crippen molar-refractivity contribution in [3.8, 4) is 0 Å². The fourth-order valence-electron chi connectivity index (χ4n) is 1.02. The van der Waals surface area contributed by atoms with Crippen molar-refractivity contribution in [1.29, 1.82) is 0 Å². The molecule has 0 N–H and O–H groups in total. The molecule has 0 aliphatic rings. The number of halogens is 2. The molecule has 1 nitrogen and oxygen atoms in total. The third kappa shape index (κ3) is 2.83. The van der Waals surface area contributed by atoms with Gasteiger partial charge in [0.1, 0.15) is 12.0 Å². The Balaban J connectivity index is 2.62. The highest BCUT2D eigenvalue weighted by Gasteiger charge is 2.10. The van der Waals surface area contributed by atoms with Gasteiger partial charge in [0.15, 0.2) is 0 Å². The summed E-state index contributed by atoms with van der Waals surface area (Å²) in [6.07, 6.45) is -0.982. The second-order valence-electron chi connectivity index (χ2n) is 2.69. The van der Waals surface area contributed by atoms with Crippen molar-refractivity contribution in [3.63, 3.8) is 0 Å². The SMILES string of the molecule is [C-]#[N+]CCC(F)c1ccc(F)cc1. The first-order chi connectivity index (χ1) is 6.24. The number of rotatable bonds is 3. The summed E-state index contributed by atoms with van der Waals surface area (Å²) in [6, 6.07) is 5.26. The van der Waals surface area contributed by atoms with Gasteiger partial charge in [0.25, 0.3) is 0 Å². The first-order valence-corrected chi connectivity index (χ1v) is 3.97. The van der Waals surface area contributed by atoms with Gasteiger partial charge in [-0.1, -0.05) is 12.1 Å². The molecule has 13 heavy (non-hydrogen) atoms. The molecule has 1 aromatic carbocycles. The second kappa shape index (κ2) is 4.56.